The standard InChI is InChI=1S/C83H54B2N4/c1-51-45-75-81-77(47-51)88(73-43-37-53-21-9-11-27-59(53)79(73)84(81)69-33-17-19-35-71(69)86(75)55-23-5-3-6-24-55)57-39-41-63-61-29-13-15-31-65(61)83(67(63)49-57)66-32-16-14-30-62(66)64-42-40-58(50-68(64)83)89-74-44-38-54-22-10-12-28-60(54)80(74)85-70-34-18-20-36-72(70)87(56-25-7-4-8-26-56)76-46-52(2)48-78(89)82(76)85/h3-50H,1-2H3. The van der Waals surface area contributed by atoms with Gasteiger partial charge in [-0.15, -0.1) is 0 Å². The Morgan fingerprint density at radius 1 is 0.247 bits per heavy atom. The van der Waals surface area contributed by atoms with Gasteiger partial charge < -0.3 is 19.6 Å². The van der Waals surface area contributed by atoms with Gasteiger partial charge in [-0.2, -0.15) is 0 Å². The van der Waals surface area contributed by atoms with Crippen molar-refractivity contribution in [2.24, 2.45) is 0 Å². The molecule has 0 bridgehead atoms. The van der Waals surface area contributed by atoms with E-state index in [0.717, 1.165) is 22.7 Å². The number of para-hydroxylation sites is 4. The van der Waals surface area contributed by atoms with E-state index in [0.29, 0.717) is 0 Å². The number of anilines is 12. The maximum Gasteiger partial charge on any atom is 0.252 e. The van der Waals surface area contributed by atoms with Crippen LogP contribution in [-0.4, -0.2) is 13.4 Å². The van der Waals surface area contributed by atoms with Crippen molar-refractivity contribution >= 4 is 136 Å². The molecule has 20 rings (SSSR count). The fraction of sp³-hybridized carbons (Fsp3) is 0.0361. The van der Waals surface area contributed by atoms with Gasteiger partial charge in [0, 0.05) is 68.2 Å². The largest absolute Gasteiger partial charge is 0.311 e. The highest BCUT2D eigenvalue weighted by Crippen LogP contribution is 2.64. The minimum atomic E-state index is -0.664. The molecule has 0 N–H and O–H groups in total. The van der Waals surface area contributed by atoms with Crippen molar-refractivity contribution in [1.29, 1.82) is 0 Å². The van der Waals surface area contributed by atoms with Crippen LogP contribution in [0.3, 0.4) is 0 Å². The molecule has 4 nitrogen and oxygen atoms in total. The van der Waals surface area contributed by atoms with Gasteiger partial charge >= 0.3 is 0 Å². The Kier molecular flexibility index (Phi) is 9.93. The number of aryl methyl sites for hydroxylation is 2. The Morgan fingerprint density at radius 3 is 1.06 bits per heavy atom. The van der Waals surface area contributed by atoms with E-state index in [-0.39, 0.29) is 13.4 Å². The predicted octanol–water partition coefficient (Wildman–Crippen LogP) is 17.1. The van der Waals surface area contributed by atoms with Crippen molar-refractivity contribution < 1.29 is 0 Å². The summed E-state index contributed by atoms with van der Waals surface area (Å²) in [6, 6.07) is 111. The van der Waals surface area contributed by atoms with Crippen LogP contribution >= 0.6 is 0 Å². The molecule has 2 aliphatic carbocycles. The van der Waals surface area contributed by atoms with Gasteiger partial charge in [0.25, 0.3) is 13.4 Å². The molecular formula is C83H54B2N4. The summed E-state index contributed by atoms with van der Waals surface area (Å²) in [7, 11) is 0. The third kappa shape index (κ3) is 6.44. The van der Waals surface area contributed by atoms with E-state index in [4.69, 9.17) is 0 Å². The van der Waals surface area contributed by atoms with Crippen LogP contribution in [0, 0.1) is 13.8 Å². The zero-order valence-electron chi connectivity index (χ0n) is 49.2. The van der Waals surface area contributed by atoms with Gasteiger partial charge in [-0.1, -0.05) is 194 Å². The normalized spacial score (nSPS) is 14.4. The van der Waals surface area contributed by atoms with E-state index in [1.54, 1.807) is 0 Å². The number of fused-ring (bicyclic) bond motifs is 22. The molecule has 0 saturated carbocycles. The summed E-state index contributed by atoms with van der Waals surface area (Å²) in [5.74, 6) is 0. The molecule has 0 aromatic heterocycles. The summed E-state index contributed by atoms with van der Waals surface area (Å²) in [6.45, 7) is 4.54. The summed E-state index contributed by atoms with van der Waals surface area (Å²) in [4.78, 5) is 10.3. The molecule has 412 valence electrons. The first-order valence-corrected chi connectivity index (χ1v) is 31.3. The molecule has 6 heteroatoms. The van der Waals surface area contributed by atoms with Crippen LogP contribution in [0.1, 0.15) is 33.4 Å². The van der Waals surface area contributed by atoms with E-state index in [2.05, 4.69) is 325 Å². The SMILES string of the molecule is Cc1cc2c3c(c1)N(c1ccc4c(c1)C1(c5ccccc5-4)c4ccccc4-c4ccc(N5c6cc(C)cc7c6B(c6ccccc6N7c6ccccc6)c6c5ccc5ccccc65)cc41)c1ccc4ccccc4c1B3c1ccccc1N2c1ccccc1. The zero-order valence-corrected chi connectivity index (χ0v) is 49.2. The topological polar surface area (TPSA) is 13.0 Å². The lowest BCUT2D eigenvalue weighted by molar-refractivity contribution is 0.793. The van der Waals surface area contributed by atoms with Crippen molar-refractivity contribution in [1.82, 2.24) is 0 Å². The number of hydrogen-bond acceptors (Lipinski definition) is 4. The highest BCUT2D eigenvalue weighted by molar-refractivity contribution is 7.02. The second kappa shape index (κ2) is 18.0. The van der Waals surface area contributed by atoms with E-state index in [1.165, 1.54) is 155 Å². The molecule has 6 aliphatic rings. The maximum absolute atomic E-state index is 2.62. The average molecular weight is 1130 g/mol. The van der Waals surface area contributed by atoms with Crippen LogP contribution < -0.4 is 52.4 Å². The van der Waals surface area contributed by atoms with Crippen molar-refractivity contribution in [3.05, 3.63) is 325 Å². The average Bonchev–Trinajstić information content (AvgIpc) is 1.65. The molecule has 89 heavy (non-hydrogen) atoms. The Labute approximate surface area is 518 Å². The van der Waals surface area contributed by atoms with Gasteiger partial charge in [0.15, 0.2) is 0 Å². The van der Waals surface area contributed by atoms with Crippen molar-refractivity contribution in [3.8, 4) is 22.3 Å². The van der Waals surface area contributed by atoms with E-state index in [1.807, 2.05) is 0 Å². The maximum atomic E-state index is 2.62. The Hall–Kier alpha value is -11.1. The highest BCUT2D eigenvalue weighted by Gasteiger charge is 2.53. The van der Waals surface area contributed by atoms with Gasteiger partial charge in [0.05, 0.1) is 5.41 Å². The van der Waals surface area contributed by atoms with Crippen molar-refractivity contribution in [2.45, 2.75) is 19.3 Å². The number of hydrogen-bond donors (Lipinski definition) is 0. The fourth-order valence-corrected chi connectivity index (χ4v) is 17.4. The minimum Gasteiger partial charge on any atom is -0.311 e. The van der Waals surface area contributed by atoms with Crippen molar-refractivity contribution in [3.63, 3.8) is 0 Å². The summed E-state index contributed by atoms with van der Waals surface area (Å²) in [5.41, 5.74) is 34.4. The van der Waals surface area contributed by atoms with Gasteiger partial charge in [0.1, 0.15) is 0 Å². The third-order valence-electron chi connectivity index (χ3n) is 20.6. The first kappa shape index (κ1) is 49.1. The molecule has 14 aromatic carbocycles. The summed E-state index contributed by atoms with van der Waals surface area (Å²) < 4.78 is 0. The number of nitrogens with zero attached hydrogens (tertiary/aromatic N) is 4. The number of benzene rings is 14. The van der Waals surface area contributed by atoms with Gasteiger partial charge in [-0.3, -0.25) is 0 Å². The van der Waals surface area contributed by atoms with Crippen molar-refractivity contribution in [2.75, 3.05) is 19.6 Å². The molecule has 0 fully saturated rings. The third-order valence-corrected chi connectivity index (χ3v) is 20.6. The first-order valence-electron chi connectivity index (χ1n) is 31.3. The molecule has 0 radical (unpaired) electrons. The molecular weight excluding hydrogens is 1070 g/mol. The smallest absolute Gasteiger partial charge is 0.252 e. The molecule has 4 aliphatic heterocycles. The number of rotatable bonds is 4. The van der Waals surface area contributed by atoms with Gasteiger partial charge in [-0.25, -0.2) is 0 Å². The lowest BCUT2D eigenvalue weighted by atomic mass is 9.33. The minimum absolute atomic E-state index is 0.00510. The van der Waals surface area contributed by atoms with E-state index < -0.39 is 5.41 Å². The lowest BCUT2D eigenvalue weighted by Crippen LogP contribution is -2.61. The molecule has 0 atom stereocenters. The summed E-state index contributed by atoms with van der Waals surface area (Å²) in [6.07, 6.45) is 0. The summed E-state index contributed by atoms with van der Waals surface area (Å²) in [5, 5.41) is 5.05. The second-order valence-corrected chi connectivity index (χ2v) is 25.2. The van der Waals surface area contributed by atoms with E-state index in [9.17, 15) is 0 Å². The van der Waals surface area contributed by atoms with Gasteiger partial charge in [0.2, 0.25) is 0 Å². The second-order valence-electron chi connectivity index (χ2n) is 25.2. The van der Waals surface area contributed by atoms with E-state index >= 15 is 0 Å². The molecule has 4 heterocycles. The first-order chi connectivity index (χ1) is 44.0. The molecule has 0 amide bonds. The predicted molar refractivity (Wildman–Crippen MR) is 375 cm³/mol. The highest BCUT2D eigenvalue weighted by atomic mass is 15.2. The molecule has 1 spiro atoms. The quantitative estimate of drug-likeness (QED) is 0.163. The zero-order chi connectivity index (χ0) is 58.4. The molecule has 14 aromatic rings. The Balaban J connectivity index is 0.844. The Morgan fingerprint density at radius 2 is 0.607 bits per heavy atom. The van der Waals surface area contributed by atoms with Crippen LogP contribution in [-0.2, 0) is 5.41 Å². The summed E-state index contributed by atoms with van der Waals surface area (Å²) >= 11 is 0. The van der Waals surface area contributed by atoms with Crippen LogP contribution in [0.2, 0.25) is 0 Å². The molecule has 0 saturated heterocycles. The lowest BCUT2D eigenvalue weighted by Gasteiger charge is -2.45. The van der Waals surface area contributed by atoms with Crippen LogP contribution in [0.4, 0.5) is 68.2 Å². The fourth-order valence-electron chi connectivity index (χ4n) is 17.4. The monoisotopic (exact) mass is 1130 g/mol. The van der Waals surface area contributed by atoms with Crippen LogP contribution in [0.5, 0.6) is 0 Å². The van der Waals surface area contributed by atoms with Crippen LogP contribution in [0.25, 0.3) is 43.8 Å². The van der Waals surface area contributed by atoms with Crippen LogP contribution in [0.15, 0.2) is 291 Å². The molecule has 0 unspecified atom stereocenters. The van der Waals surface area contributed by atoms with Gasteiger partial charge in [-0.05, 0) is 221 Å². The Bertz CT molecular complexity index is 5090.